The third-order valence-corrected chi connectivity index (χ3v) is 10.8. The first-order valence-electron chi connectivity index (χ1n) is 17.1. The molecule has 4 aliphatic heterocycles. The molecule has 5 heterocycles. The fourth-order valence-electron chi connectivity index (χ4n) is 7.63. The molecule has 12 nitrogen and oxygen atoms in total. The number of benzene rings is 1. The Balaban J connectivity index is 0.891. The Kier molecular flexibility index (Phi) is 8.59. The van der Waals surface area contributed by atoms with Gasteiger partial charge in [0.05, 0.1) is 23.4 Å². The number of hydrogen-bond acceptors (Lipinski definition) is 7. The van der Waals surface area contributed by atoms with Crippen molar-refractivity contribution >= 4 is 35.2 Å². The van der Waals surface area contributed by atoms with Crippen molar-refractivity contribution in [3.63, 3.8) is 0 Å². The molecule has 7 rings (SSSR count). The Morgan fingerprint density at radius 1 is 0.936 bits per heavy atom. The van der Waals surface area contributed by atoms with E-state index in [1.165, 1.54) is 6.42 Å². The number of hydrogen-bond donors (Lipinski definition) is 2. The molecule has 2 aromatic rings. The summed E-state index contributed by atoms with van der Waals surface area (Å²) in [6.07, 6.45) is 11.9. The molecule has 1 aliphatic carbocycles. The minimum absolute atomic E-state index is 0.194. The van der Waals surface area contributed by atoms with Gasteiger partial charge in [-0.1, -0.05) is 19.1 Å². The van der Waals surface area contributed by atoms with Gasteiger partial charge in [-0.05, 0) is 69.4 Å². The van der Waals surface area contributed by atoms with Gasteiger partial charge in [0.2, 0.25) is 17.7 Å². The highest BCUT2D eigenvalue weighted by molar-refractivity contribution is 6.25. The zero-order valence-electron chi connectivity index (χ0n) is 26.8. The molecule has 5 aliphatic rings. The summed E-state index contributed by atoms with van der Waals surface area (Å²) in [4.78, 5) is 70.0. The summed E-state index contributed by atoms with van der Waals surface area (Å²) in [7, 11) is 0. The van der Waals surface area contributed by atoms with Gasteiger partial charge in [0.1, 0.15) is 6.04 Å². The summed E-state index contributed by atoms with van der Waals surface area (Å²) in [5.41, 5.74) is 2.64. The highest BCUT2D eigenvalue weighted by Gasteiger charge is 2.45. The molecular formula is C35H43N7O5. The van der Waals surface area contributed by atoms with Crippen LogP contribution in [0.25, 0.3) is 0 Å². The number of allylic oxidation sites excluding steroid dienone is 1. The first-order valence-corrected chi connectivity index (χ1v) is 17.1. The molecule has 5 amide bonds. The lowest BCUT2D eigenvalue weighted by atomic mass is 9.83. The Labute approximate surface area is 274 Å². The summed E-state index contributed by atoms with van der Waals surface area (Å²) in [6, 6.07) is 4.47. The fraction of sp³-hybridized carbons (Fsp3) is 0.543. The van der Waals surface area contributed by atoms with Crippen molar-refractivity contribution in [3.8, 4) is 0 Å². The van der Waals surface area contributed by atoms with Gasteiger partial charge in [0, 0.05) is 68.2 Å². The van der Waals surface area contributed by atoms with E-state index < -0.39 is 17.9 Å². The van der Waals surface area contributed by atoms with Crippen molar-refractivity contribution in [1.29, 1.82) is 0 Å². The van der Waals surface area contributed by atoms with Crippen LogP contribution in [0.3, 0.4) is 0 Å². The zero-order valence-corrected chi connectivity index (χ0v) is 26.8. The largest absolute Gasteiger partial charge is 0.380 e. The lowest BCUT2D eigenvalue weighted by molar-refractivity contribution is -0.140. The average Bonchev–Trinajstić information content (AvgIpc) is 3.62. The van der Waals surface area contributed by atoms with E-state index in [2.05, 4.69) is 22.3 Å². The highest BCUT2D eigenvalue weighted by Crippen LogP contribution is 2.34. The number of carbonyl (C=O) groups is 5. The van der Waals surface area contributed by atoms with Gasteiger partial charge < -0.3 is 20.4 Å². The van der Waals surface area contributed by atoms with Crippen LogP contribution >= 0.6 is 0 Å². The summed E-state index contributed by atoms with van der Waals surface area (Å²) >= 11 is 0. The third kappa shape index (κ3) is 6.17. The predicted octanol–water partition coefficient (Wildman–Crippen LogP) is 3.48. The molecule has 47 heavy (non-hydrogen) atoms. The van der Waals surface area contributed by atoms with Gasteiger partial charge in [-0.2, -0.15) is 5.10 Å². The maximum absolute atomic E-state index is 13.4. The number of carbonyl (C=O) groups excluding carboxylic acids is 5. The summed E-state index contributed by atoms with van der Waals surface area (Å²) in [5.74, 6) is -0.189. The average molecular weight is 642 g/mol. The number of rotatable bonds is 8. The van der Waals surface area contributed by atoms with Crippen LogP contribution in [0.4, 0.5) is 5.69 Å². The maximum atomic E-state index is 13.4. The molecule has 2 N–H and O–H groups in total. The predicted molar refractivity (Wildman–Crippen MR) is 173 cm³/mol. The number of likely N-dealkylation sites (tertiary alicyclic amines) is 2. The van der Waals surface area contributed by atoms with Crippen LogP contribution in [-0.4, -0.2) is 86.2 Å². The lowest BCUT2D eigenvalue weighted by Crippen LogP contribution is -2.51. The van der Waals surface area contributed by atoms with Gasteiger partial charge >= 0.3 is 0 Å². The quantitative estimate of drug-likeness (QED) is 0.421. The van der Waals surface area contributed by atoms with E-state index in [9.17, 15) is 24.0 Å². The topological polar surface area (TPSA) is 137 Å². The van der Waals surface area contributed by atoms with Crippen molar-refractivity contribution in [2.45, 2.75) is 82.8 Å². The fourth-order valence-corrected chi connectivity index (χ4v) is 7.63. The summed E-state index contributed by atoms with van der Waals surface area (Å²) in [5, 5.41) is 10.6. The molecular weight excluding hydrogens is 598 g/mol. The number of amides is 5. The molecule has 1 aromatic heterocycles. The molecule has 0 radical (unpaired) electrons. The van der Waals surface area contributed by atoms with Gasteiger partial charge in [0.15, 0.2) is 0 Å². The smallest absolute Gasteiger partial charge is 0.264 e. The van der Waals surface area contributed by atoms with Crippen LogP contribution in [0.2, 0.25) is 0 Å². The van der Waals surface area contributed by atoms with E-state index >= 15 is 0 Å². The molecule has 248 valence electrons. The first-order chi connectivity index (χ1) is 22.8. The van der Waals surface area contributed by atoms with E-state index in [0.29, 0.717) is 67.7 Å². The lowest BCUT2D eigenvalue weighted by Gasteiger charge is -2.37. The summed E-state index contributed by atoms with van der Waals surface area (Å²) < 4.78 is 1.97. The molecule has 4 fully saturated rings. The van der Waals surface area contributed by atoms with Crippen LogP contribution in [-0.2, 0) is 20.9 Å². The number of fused-ring (bicyclic) bond motifs is 1. The van der Waals surface area contributed by atoms with Crippen LogP contribution < -0.4 is 10.6 Å². The van der Waals surface area contributed by atoms with Crippen molar-refractivity contribution in [2.24, 2.45) is 11.8 Å². The second kappa shape index (κ2) is 13.0. The van der Waals surface area contributed by atoms with E-state index in [-0.39, 0.29) is 29.3 Å². The molecule has 3 saturated heterocycles. The van der Waals surface area contributed by atoms with E-state index in [0.717, 1.165) is 62.1 Å². The molecule has 1 unspecified atom stereocenters. The number of imide groups is 1. The minimum atomic E-state index is -0.854. The van der Waals surface area contributed by atoms with Gasteiger partial charge in [-0.15, -0.1) is 0 Å². The molecule has 0 bridgehead atoms. The van der Waals surface area contributed by atoms with Gasteiger partial charge in [-0.3, -0.25) is 33.6 Å². The number of aromatic nitrogens is 2. The normalized spacial score (nSPS) is 22.7. The van der Waals surface area contributed by atoms with Crippen LogP contribution in [0.1, 0.15) is 96.5 Å². The second-order valence-corrected chi connectivity index (χ2v) is 13.8. The number of nitrogens with zero attached hydrogens (tertiary/aromatic N) is 5. The third-order valence-electron chi connectivity index (χ3n) is 10.8. The molecule has 12 heteroatoms. The van der Waals surface area contributed by atoms with Crippen molar-refractivity contribution in [3.05, 3.63) is 59.6 Å². The Bertz CT molecular complexity index is 1600. The first kappa shape index (κ1) is 31.1. The SMILES string of the molecule is C=C1CCC(N2C(=O)c3cccc(NCc4cnn(C5CCN(C(=O)CC6CCN(C(=O)C7CCC7)CC6)CC5)c4)c3C2=O)C(=O)N1. The van der Waals surface area contributed by atoms with Gasteiger partial charge in [-0.25, -0.2) is 0 Å². The number of piperidine rings is 3. The standard InChI is InChI=1S/C35H43N7O5/c1-22-8-9-29(32(44)38-22)42-34(46)27-6-3-7-28(31(27)35(42)47)36-19-24-20-37-41(21-24)26-12-16-39(17-13-26)30(43)18-23-10-14-40(15-11-23)33(45)25-4-2-5-25/h3,6-7,20-21,23,25-26,29,36H,1-2,4-5,8-19H2,(H,38,44). The zero-order chi connectivity index (χ0) is 32.7. The molecule has 0 spiro atoms. The maximum Gasteiger partial charge on any atom is 0.264 e. The summed E-state index contributed by atoms with van der Waals surface area (Å²) in [6.45, 7) is 7.15. The van der Waals surface area contributed by atoms with E-state index in [4.69, 9.17) is 0 Å². The monoisotopic (exact) mass is 641 g/mol. The van der Waals surface area contributed by atoms with Crippen LogP contribution in [0, 0.1) is 11.8 Å². The van der Waals surface area contributed by atoms with E-state index in [1.807, 2.05) is 20.7 Å². The van der Waals surface area contributed by atoms with Crippen molar-refractivity contribution in [2.75, 3.05) is 31.5 Å². The van der Waals surface area contributed by atoms with Crippen LogP contribution in [0.5, 0.6) is 0 Å². The molecule has 1 saturated carbocycles. The number of anilines is 1. The Morgan fingerprint density at radius 3 is 2.38 bits per heavy atom. The number of nitrogens with one attached hydrogen (secondary N) is 2. The Morgan fingerprint density at radius 2 is 1.68 bits per heavy atom. The minimum Gasteiger partial charge on any atom is -0.380 e. The van der Waals surface area contributed by atoms with Gasteiger partial charge in [0.25, 0.3) is 11.8 Å². The Hall–Kier alpha value is -4.48. The molecule has 1 atom stereocenters. The van der Waals surface area contributed by atoms with Crippen LogP contribution in [0.15, 0.2) is 42.9 Å². The van der Waals surface area contributed by atoms with E-state index in [1.54, 1.807) is 24.4 Å². The highest BCUT2D eigenvalue weighted by atomic mass is 16.2. The van der Waals surface area contributed by atoms with Crippen molar-refractivity contribution in [1.82, 2.24) is 29.8 Å². The second-order valence-electron chi connectivity index (χ2n) is 13.8. The molecule has 1 aromatic carbocycles. The van der Waals surface area contributed by atoms with Crippen molar-refractivity contribution < 1.29 is 24.0 Å².